The Bertz CT molecular complexity index is 583. The average molecular weight is 295 g/mol. The Morgan fingerprint density at radius 2 is 2.10 bits per heavy atom. The van der Waals surface area contributed by atoms with Crippen LogP contribution in [0.4, 0.5) is 11.4 Å². The lowest BCUT2D eigenvalue weighted by Crippen LogP contribution is -2.39. The lowest BCUT2D eigenvalue weighted by molar-refractivity contribution is -0.384. The molecular weight excluding hydrogens is 278 g/mol. The molecule has 21 heavy (non-hydrogen) atoms. The Labute approximate surface area is 121 Å². The summed E-state index contributed by atoms with van der Waals surface area (Å²) in [7, 11) is 0. The fourth-order valence-corrected chi connectivity index (χ4v) is 1.85. The first-order valence-corrected chi connectivity index (χ1v) is 6.51. The molecule has 1 aliphatic heterocycles. The molecule has 1 aromatic carbocycles. The van der Waals surface area contributed by atoms with E-state index in [1.165, 1.54) is 12.1 Å². The minimum atomic E-state index is -0.787. The van der Waals surface area contributed by atoms with Crippen LogP contribution in [-0.4, -0.2) is 24.2 Å². The zero-order valence-corrected chi connectivity index (χ0v) is 11.8. The highest BCUT2D eigenvalue weighted by Gasteiger charge is 2.32. The molecule has 0 aromatic heterocycles. The molecule has 0 aliphatic carbocycles. The highest BCUT2D eigenvalue weighted by atomic mass is 16.7. The summed E-state index contributed by atoms with van der Waals surface area (Å²) < 4.78 is 10.3. The van der Waals surface area contributed by atoms with Crippen LogP contribution in [0.15, 0.2) is 12.1 Å². The van der Waals surface area contributed by atoms with Crippen molar-refractivity contribution in [2.24, 2.45) is 11.1 Å². The van der Waals surface area contributed by atoms with Crippen molar-refractivity contribution < 1.29 is 19.2 Å². The van der Waals surface area contributed by atoms with Gasteiger partial charge >= 0.3 is 0 Å². The maximum Gasteiger partial charge on any atom is 0.296 e. The van der Waals surface area contributed by atoms with Crippen molar-refractivity contribution >= 4 is 17.3 Å². The molecule has 1 heterocycles. The molecule has 0 spiro atoms. The van der Waals surface area contributed by atoms with Gasteiger partial charge in [-0.1, -0.05) is 6.92 Å². The van der Waals surface area contributed by atoms with E-state index in [0.717, 1.165) is 0 Å². The first-order valence-electron chi connectivity index (χ1n) is 6.51. The number of hydrogen-bond acceptors (Lipinski definition) is 6. The molecule has 0 fully saturated rings. The van der Waals surface area contributed by atoms with E-state index in [9.17, 15) is 14.9 Å². The van der Waals surface area contributed by atoms with Crippen LogP contribution in [-0.2, 0) is 4.79 Å². The van der Waals surface area contributed by atoms with Crippen LogP contribution in [0.25, 0.3) is 0 Å². The number of rotatable bonds is 5. The molecule has 0 saturated carbocycles. The smallest absolute Gasteiger partial charge is 0.296 e. The zero-order chi connectivity index (χ0) is 15.6. The van der Waals surface area contributed by atoms with Crippen LogP contribution in [0.1, 0.15) is 20.3 Å². The molecule has 0 saturated heterocycles. The number of amides is 1. The summed E-state index contributed by atoms with van der Waals surface area (Å²) in [6.45, 7) is 3.69. The van der Waals surface area contributed by atoms with Gasteiger partial charge in [-0.15, -0.1) is 0 Å². The third kappa shape index (κ3) is 2.75. The minimum absolute atomic E-state index is 0.000632. The second kappa shape index (κ2) is 5.57. The molecule has 1 amide bonds. The Balaban J connectivity index is 2.35. The number of benzene rings is 1. The molecular formula is C13H17N3O5. The maximum atomic E-state index is 12.3. The molecule has 8 nitrogen and oxygen atoms in total. The Kier molecular flexibility index (Phi) is 3.99. The molecule has 8 heteroatoms. The van der Waals surface area contributed by atoms with E-state index in [4.69, 9.17) is 15.2 Å². The monoisotopic (exact) mass is 295 g/mol. The zero-order valence-electron chi connectivity index (χ0n) is 11.8. The number of nitrogens with two attached hydrogens (primary N) is 1. The third-order valence-corrected chi connectivity index (χ3v) is 3.71. The van der Waals surface area contributed by atoms with Crippen molar-refractivity contribution in [2.75, 3.05) is 18.7 Å². The quantitative estimate of drug-likeness (QED) is 0.630. The molecule has 1 aromatic rings. The highest BCUT2D eigenvalue weighted by Crippen LogP contribution is 2.41. The topological polar surface area (TPSA) is 117 Å². The van der Waals surface area contributed by atoms with Gasteiger partial charge in [-0.3, -0.25) is 14.9 Å². The van der Waals surface area contributed by atoms with Crippen LogP contribution < -0.4 is 20.5 Å². The summed E-state index contributed by atoms with van der Waals surface area (Å²) in [6, 6.07) is 2.63. The van der Waals surface area contributed by atoms with Crippen molar-refractivity contribution in [1.29, 1.82) is 0 Å². The van der Waals surface area contributed by atoms with Gasteiger partial charge in [0.25, 0.3) is 5.69 Å². The summed E-state index contributed by atoms with van der Waals surface area (Å²) in [5.41, 5.74) is 4.66. The van der Waals surface area contributed by atoms with Crippen LogP contribution in [0.2, 0.25) is 0 Å². The normalized spacial score (nSPS) is 15.4. The van der Waals surface area contributed by atoms with Crippen LogP contribution in [0.5, 0.6) is 11.5 Å². The number of hydrogen-bond donors (Lipinski definition) is 2. The van der Waals surface area contributed by atoms with Gasteiger partial charge in [0.15, 0.2) is 11.5 Å². The van der Waals surface area contributed by atoms with Crippen LogP contribution in [0, 0.1) is 15.5 Å². The summed E-state index contributed by atoms with van der Waals surface area (Å²) in [5, 5.41) is 13.7. The lowest BCUT2D eigenvalue weighted by atomic mass is 9.86. The van der Waals surface area contributed by atoms with E-state index in [-0.39, 0.29) is 36.4 Å². The fourth-order valence-electron chi connectivity index (χ4n) is 1.85. The molecule has 1 atom stereocenters. The third-order valence-electron chi connectivity index (χ3n) is 3.71. The van der Waals surface area contributed by atoms with Gasteiger partial charge < -0.3 is 20.5 Å². The Hall–Kier alpha value is -2.35. The summed E-state index contributed by atoms with van der Waals surface area (Å²) in [6.07, 6.45) is 0.522. The Morgan fingerprint density at radius 3 is 2.62 bits per heavy atom. The van der Waals surface area contributed by atoms with Crippen molar-refractivity contribution in [1.82, 2.24) is 0 Å². The molecule has 1 unspecified atom stereocenters. The predicted molar refractivity (Wildman–Crippen MR) is 75.3 cm³/mol. The number of carbonyl (C=O) groups excluding carboxylic acids is 1. The average Bonchev–Trinajstić information content (AvgIpc) is 2.92. The molecule has 114 valence electrons. The second-order valence-corrected chi connectivity index (χ2v) is 5.05. The van der Waals surface area contributed by atoms with Crippen molar-refractivity contribution in [3.63, 3.8) is 0 Å². The lowest BCUT2D eigenvalue weighted by Gasteiger charge is -2.24. The summed E-state index contributed by atoms with van der Waals surface area (Å²) in [5.74, 6) is 0.285. The van der Waals surface area contributed by atoms with Crippen LogP contribution >= 0.6 is 0 Å². The summed E-state index contributed by atoms with van der Waals surface area (Å²) >= 11 is 0. The van der Waals surface area contributed by atoms with E-state index >= 15 is 0 Å². The molecule has 0 radical (unpaired) electrons. The van der Waals surface area contributed by atoms with Gasteiger partial charge in [-0.2, -0.15) is 0 Å². The highest BCUT2D eigenvalue weighted by molar-refractivity contribution is 5.97. The van der Waals surface area contributed by atoms with E-state index in [2.05, 4.69) is 5.32 Å². The number of fused-ring (bicyclic) bond motifs is 1. The largest absolute Gasteiger partial charge is 0.454 e. The standard InChI is InChI=1S/C13H17N3O5/c1-3-13(2,6-14)12(17)15-8-4-10-11(21-7-20-10)5-9(8)16(18)19/h4-5H,3,6-7,14H2,1-2H3,(H,15,17). The van der Waals surface area contributed by atoms with E-state index in [0.29, 0.717) is 12.2 Å². The van der Waals surface area contributed by atoms with Gasteiger partial charge in [0.1, 0.15) is 5.69 Å². The number of nitrogens with zero attached hydrogens (tertiary/aromatic N) is 1. The Morgan fingerprint density at radius 1 is 1.48 bits per heavy atom. The number of anilines is 1. The molecule has 1 aliphatic rings. The number of carbonyl (C=O) groups is 1. The van der Waals surface area contributed by atoms with E-state index < -0.39 is 10.3 Å². The maximum absolute atomic E-state index is 12.3. The van der Waals surface area contributed by atoms with Gasteiger partial charge in [-0.05, 0) is 13.3 Å². The van der Waals surface area contributed by atoms with Gasteiger partial charge in [0.05, 0.1) is 16.4 Å². The summed E-state index contributed by atoms with van der Waals surface area (Å²) in [4.78, 5) is 22.8. The van der Waals surface area contributed by atoms with Gasteiger partial charge in [0.2, 0.25) is 12.7 Å². The number of nitro groups is 1. The number of ether oxygens (including phenoxy) is 2. The first kappa shape index (κ1) is 15.0. The van der Waals surface area contributed by atoms with Gasteiger partial charge in [-0.25, -0.2) is 0 Å². The molecule has 2 rings (SSSR count). The van der Waals surface area contributed by atoms with Crippen LogP contribution in [0.3, 0.4) is 0 Å². The molecule has 0 bridgehead atoms. The predicted octanol–water partition coefficient (Wildman–Crippen LogP) is 1.64. The number of nitrogens with one attached hydrogen (secondary N) is 1. The van der Waals surface area contributed by atoms with Crippen molar-refractivity contribution in [2.45, 2.75) is 20.3 Å². The van der Waals surface area contributed by atoms with E-state index in [1.807, 2.05) is 6.92 Å². The fraction of sp³-hybridized carbons (Fsp3) is 0.462. The minimum Gasteiger partial charge on any atom is -0.454 e. The van der Waals surface area contributed by atoms with E-state index in [1.54, 1.807) is 6.92 Å². The van der Waals surface area contributed by atoms with Gasteiger partial charge in [0, 0.05) is 12.6 Å². The second-order valence-electron chi connectivity index (χ2n) is 5.05. The SMILES string of the molecule is CCC(C)(CN)C(=O)Nc1cc2c(cc1[N+](=O)[O-])OCO2. The molecule has 3 N–H and O–H groups in total. The van der Waals surface area contributed by atoms with Crippen molar-refractivity contribution in [3.8, 4) is 11.5 Å². The number of nitro benzene ring substituents is 1. The first-order chi connectivity index (χ1) is 9.91. The van der Waals surface area contributed by atoms with Crippen molar-refractivity contribution in [3.05, 3.63) is 22.2 Å².